The zero-order valence-corrected chi connectivity index (χ0v) is 19.4. The third-order valence-corrected chi connectivity index (χ3v) is 6.04. The predicted molar refractivity (Wildman–Crippen MR) is 129 cm³/mol. The summed E-state index contributed by atoms with van der Waals surface area (Å²) in [5.41, 5.74) is 4.46. The molecular weight excluding hydrogens is 416 g/mol. The van der Waals surface area contributed by atoms with Crippen LogP contribution in [-0.4, -0.2) is 66.1 Å². The summed E-state index contributed by atoms with van der Waals surface area (Å²) < 4.78 is 7.54. The first kappa shape index (κ1) is 22.5. The molecule has 3 aromatic rings. The number of ether oxygens (including phenoxy) is 1. The average molecular weight is 447 g/mol. The molecule has 1 N–H and O–H groups in total. The molecule has 2 aromatic carbocycles. The Labute approximate surface area is 194 Å². The molecule has 0 atom stereocenters. The molecular formula is C26H30N4O3. The van der Waals surface area contributed by atoms with Crippen LogP contribution in [0.2, 0.25) is 0 Å². The Morgan fingerprint density at radius 3 is 2.30 bits per heavy atom. The number of nitrogens with zero attached hydrogens (tertiary/aromatic N) is 3. The standard InChI is InChI=1S/C26H30N4O3/c1-4-27-26(32)29-15-13-28(14-16-29)25(31)23-18-24(20-9-6-5-7-10-20)30(19(23)2)21-11-8-12-22(17-21)33-3/h5-12,17-18H,4,13-16H2,1-3H3,(H,27,32). The zero-order valence-electron chi connectivity index (χ0n) is 19.4. The molecule has 1 aliphatic heterocycles. The van der Waals surface area contributed by atoms with Gasteiger partial charge in [0.1, 0.15) is 5.75 Å². The predicted octanol–water partition coefficient (Wildman–Crippen LogP) is 3.95. The first-order valence-corrected chi connectivity index (χ1v) is 11.3. The van der Waals surface area contributed by atoms with Crippen molar-refractivity contribution in [1.29, 1.82) is 0 Å². The molecule has 172 valence electrons. The molecule has 1 saturated heterocycles. The van der Waals surface area contributed by atoms with E-state index in [-0.39, 0.29) is 11.9 Å². The van der Waals surface area contributed by atoms with Crippen molar-refractivity contribution in [2.24, 2.45) is 0 Å². The van der Waals surface area contributed by atoms with E-state index in [4.69, 9.17) is 4.74 Å². The van der Waals surface area contributed by atoms with E-state index in [1.807, 2.05) is 79.4 Å². The number of nitrogens with one attached hydrogen (secondary N) is 1. The fourth-order valence-corrected chi connectivity index (χ4v) is 4.27. The number of amides is 3. The molecule has 0 aliphatic carbocycles. The molecule has 1 fully saturated rings. The summed E-state index contributed by atoms with van der Waals surface area (Å²) in [6, 6.07) is 19.8. The normalized spacial score (nSPS) is 13.7. The van der Waals surface area contributed by atoms with Gasteiger partial charge in [-0.15, -0.1) is 0 Å². The third kappa shape index (κ3) is 4.58. The largest absolute Gasteiger partial charge is 0.497 e. The van der Waals surface area contributed by atoms with E-state index in [1.165, 1.54) is 0 Å². The van der Waals surface area contributed by atoms with Gasteiger partial charge in [0, 0.05) is 50.2 Å². The summed E-state index contributed by atoms with van der Waals surface area (Å²) in [7, 11) is 1.65. The van der Waals surface area contributed by atoms with Crippen LogP contribution in [0.15, 0.2) is 60.7 Å². The summed E-state index contributed by atoms with van der Waals surface area (Å²) in [6.07, 6.45) is 0. The van der Waals surface area contributed by atoms with Gasteiger partial charge in [0.05, 0.1) is 18.4 Å². The molecule has 4 rings (SSSR count). The van der Waals surface area contributed by atoms with Gasteiger partial charge in [-0.2, -0.15) is 0 Å². The molecule has 0 saturated carbocycles. The van der Waals surface area contributed by atoms with Crippen molar-refractivity contribution in [2.45, 2.75) is 13.8 Å². The Morgan fingerprint density at radius 1 is 0.939 bits per heavy atom. The molecule has 0 bridgehead atoms. The molecule has 1 aliphatic rings. The van der Waals surface area contributed by atoms with Gasteiger partial charge >= 0.3 is 6.03 Å². The molecule has 3 amide bonds. The molecule has 33 heavy (non-hydrogen) atoms. The summed E-state index contributed by atoms with van der Waals surface area (Å²) in [4.78, 5) is 29.3. The quantitative estimate of drug-likeness (QED) is 0.645. The van der Waals surface area contributed by atoms with Gasteiger partial charge in [-0.3, -0.25) is 4.79 Å². The monoisotopic (exact) mass is 446 g/mol. The molecule has 0 unspecified atom stereocenters. The van der Waals surface area contributed by atoms with Crippen molar-refractivity contribution >= 4 is 11.9 Å². The lowest BCUT2D eigenvalue weighted by molar-refractivity contribution is 0.0664. The highest BCUT2D eigenvalue weighted by molar-refractivity contribution is 5.97. The Bertz CT molecular complexity index is 1130. The highest BCUT2D eigenvalue weighted by Crippen LogP contribution is 2.31. The minimum absolute atomic E-state index is 0.0122. The molecule has 2 heterocycles. The van der Waals surface area contributed by atoms with Crippen LogP contribution in [-0.2, 0) is 0 Å². The van der Waals surface area contributed by atoms with E-state index in [2.05, 4.69) is 9.88 Å². The van der Waals surface area contributed by atoms with Crippen LogP contribution in [0, 0.1) is 6.92 Å². The van der Waals surface area contributed by atoms with Crippen LogP contribution in [0.3, 0.4) is 0 Å². The molecule has 7 nitrogen and oxygen atoms in total. The van der Waals surface area contributed by atoms with Gasteiger partial charge < -0.3 is 24.4 Å². The number of urea groups is 1. The Kier molecular flexibility index (Phi) is 6.68. The minimum atomic E-state index is -0.0729. The van der Waals surface area contributed by atoms with Crippen LogP contribution in [0.4, 0.5) is 4.79 Å². The van der Waals surface area contributed by atoms with Crippen LogP contribution in [0.5, 0.6) is 5.75 Å². The minimum Gasteiger partial charge on any atom is -0.497 e. The molecule has 0 radical (unpaired) electrons. The van der Waals surface area contributed by atoms with Crippen molar-refractivity contribution in [3.8, 4) is 22.7 Å². The summed E-state index contributed by atoms with van der Waals surface area (Å²) in [5, 5.41) is 2.83. The van der Waals surface area contributed by atoms with Crippen LogP contribution in [0.1, 0.15) is 23.0 Å². The zero-order chi connectivity index (χ0) is 23.4. The Hall–Kier alpha value is -3.74. The van der Waals surface area contributed by atoms with Crippen LogP contribution < -0.4 is 10.1 Å². The molecule has 1 aromatic heterocycles. The van der Waals surface area contributed by atoms with E-state index in [0.29, 0.717) is 38.3 Å². The van der Waals surface area contributed by atoms with Crippen LogP contribution in [0.25, 0.3) is 16.9 Å². The van der Waals surface area contributed by atoms with Gasteiger partial charge in [-0.1, -0.05) is 36.4 Å². The van der Waals surface area contributed by atoms with Gasteiger partial charge in [-0.25, -0.2) is 4.79 Å². The van der Waals surface area contributed by atoms with E-state index < -0.39 is 0 Å². The SMILES string of the molecule is CCNC(=O)N1CCN(C(=O)c2cc(-c3ccccc3)n(-c3cccc(OC)c3)c2C)CC1. The van der Waals surface area contributed by atoms with E-state index in [1.54, 1.807) is 12.0 Å². The number of piperazine rings is 1. The van der Waals surface area contributed by atoms with Crippen LogP contribution >= 0.6 is 0 Å². The van der Waals surface area contributed by atoms with Crippen molar-refractivity contribution in [2.75, 3.05) is 39.8 Å². The Balaban J connectivity index is 1.68. The van der Waals surface area contributed by atoms with Gasteiger partial charge in [-0.05, 0) is 37.6 Å². The lowest BCUT2D eigenvalue weighted by atomic mass is 10.1. The number of carbonyl (C=O) groups excluding carboxylic acids is 2. The smallest absolute Gasteiger partial charge is 0.317 e. The van der Waals surface area contributed by atoms with Crippen molar-refractivity contribution in [1.82, 2.24) is 19.7 Å². The number of benzene rings is 2. The van der Waals surface area contributed by atoms with Gasteiger partial charge in [0.15, 0.2) is 0 Å². The van der Waals surface area contributed by atoms with E-state index in [0.717, 1.165) is 28.4 Å². The van der Waals surface area contributed by atoms with Crippen molar-refractivity contribution in [3.05, 3.63) is 71.9 Å². The fraction of sp³-hybridized carbons (Fsp3) is 0.308. The maximum Gasteiger partial charge on any atom is 0.317 e. The number of carbonyl (C=O) groups is 2. The second kappa shape index (κ2) is 9.81. The maximum absolute atomic E-state index is 13.5. The molecule has 0 spiro atoms. The van der Waals surface area contributed by atoms with E-state index in [9.17, 15) is 9.59 Å². The highest BCUT2D eigenvalue weighted by Gasteiger charge is 2.28. The maximum atomic E-state index is 13.5. The first-order chi connectivity index (χ1) is 16.0. The number of aromatic nitrogens is 1. The van der Waals surface area contributed by atoms with Crippen molar-refractivity contribution in [3.63, 3.8) is 0 Å². The Morgan fingerprint density at radius 2 is 1.64 bits per heavy atom. The summed E-state index contributed by atoms with van der Waals surface area (Å²) in [5.74, 6) is 0.746. The fourth-order valence-electron chi connectivity index (χ4n) is 4.27. The van der Waals surface area contributed by atoms with Crippen molar-refractivity contribution < 1.29 is 14.3 Å². The second-order valence-electron chi connectivity index (χ2n) is 8.05. The summed E-state index contributed by atoms with van der Waals surface area (Å²) >= 11 is 0. The van der Waals surface area contributed by atoms with Gasteiger partial charge in [0.25, 0.3) is 5.91 Å². The van der Waals surface area contributed by atoms with Gasteiger partial charge in [0.2, 0.25) is 0 Å². The first-order valence-electron chi connectivity index (χ1n) is 11.3. The topological polar surface area (TPSA) is 66.8 Å². The number of hydrogen-bond acceptors (Lipinski definition) is 3. The highest BCUT2D eigenvalue weighted by atomic mass is 16.5. The number of hydrogen-bond donors (Lipinski definition) is 1. The third-order valence-electron chi connectivity index (χ3n) is 6.04. The lowest BCUT2D eigenvalue weighted by Crippen LogP contribution is -2.53. The molecule has 7 heteroatoms. The number of methoxy groups -OCH3 is 1. The lowest BCUT2D eigenvalue weighted by Gasteiger charge is -2.34. The summed E-state index contributed by atoms with van der Waals surface area (Å²) in [6.45, 7) is 6.55. The second-order valence-corrected chi connectivity index (χ2v) is 8.05. The average Bonchev–Trinajstić information content (AvgIpc) is 3.21. The number of rotatable bonds is 5. The van der Waals surface area contributed by atoms with E-state index >= 15 is 0 Å².